The molecule has 0 aliphatic heterocycles. The van der Waals surface area contributed by atoms with Crippen LogP contribution >= 0.6 is 0 Å². The standard InChI is InChI=1S/C15H21N3/c1-3-13(8-11-4-5-11)18-10(2)17-14-9-12(16)6-7-15(14)18/h6-7,9,11,13H,3-5,8,16H2,1-2H3. The van der Waals surface area contributed by atoms with Crippen molar-refractivity contribution in [3.63, 3.8) is 0 Å². The summed E-state index contributed by atoms with van der Waals surface area (Å²) in [6.45, 7) is 4.38. The molecular formula is C15H21N3. The Morgan fingerprint density at radius 1 is 1.44 bits per heavy atom. The van der Waals surface area contributed by atoms with Crippen molar-refractivity contribution in [3.05, 3.63) is 24.0 Å². The molecule has 1 aliphatic rings. The van der Waals surface area contributed by atoms with Gasteiger partial charge in [-0.25, -0.2) is 4.98 Å². The average molecular weight is 243 g/mol. The van der Waals surface area contributed by atoms with Crippen LogP contribution in [0, 0.1) is 12.8 Å². The number of nitrogens with two attached hydrogens (primary N) is 1. The molecule has 2 N–H and O–H groups in total. The van der Waals surface area contributed by atoms with Crippen molar-refractivity contribution in [2.75, 3.05) is 5.73 Å². The van der Waals surface area contributed by atoms with Crippen molar-refractivity contribution in [1.82, 2.24) is 9.55 Å². The predicted octanol–water partition coefficient (Wildman–Crippen LogP) is 3.68. The van der Waals surface area contributed by atoms with Crippen molar-refractivity contribution in [2.24, 2.45) is 5.92 Å². The Labute approximate surface area is 108 Å². The zero-order valence-electron chi connectivity index (χ0n) is 11.2. The lowest BCUT2D eigenvalue weighted by Crippen LogP contribution is -2.10. The van der Waals surface area contributed by atoms with E-state index < -0.39 is 0 Å². The van der Waals surface area contributed by atoms with Gasteiger partial charge < -0.3 is 10.3 Å². The van der Waals surface area contributed by atoms with Crippen LogP contribution in [0.2, 0.25) is 0 Å². The summed E-state index contributed by atoms with van der Waals surface area (Å²) in [5.41, 5.74) is 8.89. The molecule has 1 atom stereocenters. The van der Waals surface area contributed by atoms with Crippen LogP contribution in [0.1, 0.15) is 44.5 Å². The lowest BCUT2D eigenvalue weighted by molar-refractivity contribution is 0.430. The van der Waals surface area contributed by atoms with E-state index in [-0.39, 0.29) is 0 Å². The smallest absolute Gasteiger partial charge is 0.106 e. The maximum Gasteiger partial charge on any atom is 0.106 e. The van der Waals surface area contributed by atoms with Gasteiger partial charge in [0.05, 0.1) is 11.0 Å². The Kier molecular flexibility index (Phi) is 2.77. The number of hydrogen-bond acceptors (Lipinski definition) is 2. The normalized spacial score (nSPS) is 17.2. The molecular weight excluding hydrogens is 222 g/mol. The van der Waals surface area contributed by atoms with Crippen molar-refractivity contribution in [3.8, 4) is 0 Å². The second kappa shape index (κ2) is 4.30. The van der Waals surface area contributed by atoms with Crippen LogP contribution in [0.4, 0.5) is 5.69 Å². The Balaban J connectivity index is 2.05. The molecule has 0 radical (unpaired) electrons. The zero-order chi connectivity index (χ0) is 12.7. The van der Waals surface area contributed by atoms with Gasteiger partial charge in [0.25, 0.3) is 0 Å². The molecule has 1 aliphatic carbocycles. The molecule has 0 spiro atoms. The summed E-state index contributed by atoms with van der Waals surface area (Å²) in [7, 11) is 0. The van der Waals surface area contributed by atoms with E-state index in [9.17, 15) is 0 Å². The summed E-state index contributed by atoms with van der Waals surface area (Å²) in [4.78, 5) is 4.65. The first kappa shape index (κ1) is 11.6. The number of aromatic nitrogens is 2. The fraction of sp³-hybridized carbons (Fsp3) is 0.533. The first-order chi connectivity index (χ1) is 8.69. The van der Waals surface area contributed by atoms with Gasteiger partial charge >= 0.3 is 0 Å². The number of hydrogen-bond donors (Lipinski definition) is 1. The predicted molar refractivity (Wildman–Crippen MR) is 75.6 cm³/mol. The fourth-order valence-corrected chi connectivity index (χ4v) is 2.89. The minimum Gasteiger partial charge on any atom is -0.399 e. The van der Waals surface area contributed by atoms with E-state index >= 15 is 0 Å². The topological polar surface area (TPSA) is 43.8 Å². The van der Waals surface area contributed by atoms with E-state index in [0.29, 0.717) is 6.04 Å². The number of fused-ring (bicyclic) bond motifs is 1. The highest BCUT2D eigenvalue weighted by molar-refractivity contribution is 5.79. The van der Waals surface area contributed by atoms with Gasteiger partial charge in [0.2, 0.25) is 0 Å². The molecule has 3 rings (SSSR count). The third kappa shape index (κ3) is 1.98. The Morgan fingerprint density at radius 3 is 2.89 bits per heavy atom. The van der Waals surface area contributed by atoms with Gasteiger partial charge in [-0.3, -0.25) is 0 Å². The second-order valence-corrected chi connectivity index (χ2v) is 5.52. The fourth-order valence-electron chi connectivity index (χ4n) is 2.89. The van der Waals surface area contributed by atoms with Gasteiger partial charge in [-0.05, 0) is 43.9 Å². The summed E-state index contributed by atoms with van der Waals surface area (Å²) >= 11 is 0. The zero-order valence-corrected chi connectivity index (χ0v) is 11.2. The van der Waals surface area contributed by atoms with E-state index in [1.54, 1.807) is 0 Å². The number of rotatable bonds is 4. The third-order valence-electron chi connectivity index (χ3n) is 4.03. The van der Waals surface area contributed by atoms with Crippen molar-refractivity contribution in [2.45, 2.75) is 45.6 Å². The van der Waals surface area contributed by atoms with E-state index in [2.05, 4.69) is 29.5 Å². The molecule has 1 saturated carbocycles. The van der Waals surface area contributed by atoms with Crippen LogP contribution in [-0.4, -0.2) is 9.55 Å². The maximum absolute atomic E-state index is 5.83. The molecule has 1 heterocycles. The van der Waals surface area contributed by atoms with Gasteiger partial charge in [-0.1, -0.05) is 19.8 Å². The Hall–Kier alpha value is -1.51. The lowest BCUT2D eigenvalue weighted by Gasteiger charge is -2.19. The third-order valence-corrected chi connectivity index (χ3v) is 4.03. The number of nitrogens with zero attached hydrogens (tertiary/aromatic N) is 2. The molecule has 96 valence electrons. The van der Waals surface area contributed by atoms with Gasteiger partial charge in [0.15, 0.2) is 0 Å². The van der Waals surface area contributed by atoms with Crippen LogP contribution in [-0.2, 0) is 0 Å². The minimum atomic E-state index is 0.589. The number of benzene rings is 1. The summed E-state index contributed by atoms with van der Waals surface area (Å²) < 4.78 is 2.41. The summed E-state index contributed by atoms with van der Waals surface area (Å²) in [6.07, 6.45) is 5.30. The van der Waals surface area contributed by atoms with Gasteiger partial charge in [0, 0.05) is 11.7 Å². The van der Waals surface area contributed by atoms with E-state index in [0.717, 1.165) is 22.9 Å². The maximum atomic E-state index is 5.83. The average Bonchev–Trinajstić information content (AvgIpc) is 3.09. The number of imidazole rings is 1. The molecule has 0 saturated heterocycles. The molecule has 18 heavy (non-hydrogen) atoms. The number of aryl methyl sites for hydroxylation is 1. The highest BCUT2D eigenvalue weighted by Crippen LogP contribution is 2.39. The molecule has 1 aromatic heterocycles. The largest absolute Gasteiger partial charge is 0.399 e. The van der Waals surface area contributed by atoms with Crippen molar-refractivity contribution < 1.29 is 0 Å². The quantitative estimate of drug-likeness (QED) is 0.832. The molecule has 3 heteroatoms. The first-order valence-electron chi connectivity index (χ1n) is 6.93. The van der Waals surface area contributed by atoms with Crippen molar-refractivity contribution in [1.29, 1.82) is 0 Å². The molecule has 3 nitrogen and oxygen atoms in total. The summed E-state index contributed by atoms with van der Waals surface area (Å²) in [5.74, 6) is 2.06. The number of nitrogen functional groups attached to an aromatic ring is 1. The Bertz CT molecular complexity index is 566. The van der Waals surface area contributed by atoms with Gasteiger partial charge in [-0.15, -0.1) is 0 Å². The van der Waals surface area contributed by atoms with E-state index in [4.69, 9.17) is 5.73 Å². The summed E-state index contributed by atoms with van der Waals surface area (Å²) in [6, 6.07) is 6.65. The highest BCUT2D eigenvalue weighted by atomic mass is 15.1. The highest BCUT2D eigenvalue weighted by Gasteiger charge is 2.26. The SMILES string of the molecule is CCC(CC1CC1)n1c(C)nc2cc(N)ccc21. The molecule has 1 fully saturated rings. The molecule has 1 unspecified atom stereocenters. The summed E-state index contributed by atoms with van der Waals surface area (Å²) in [5, 5.41) is 0. The van der Waals surface area contributed by atoms with E-state index in [1.165, 1.54) is 31.2 Å². The van der Waals surface area contributed by atoms with Gasteiger partial charge in [-0.2, -0.15) is 0 Å². The van der Waals surface area contributed by atoms with Crippen LogP contribution in [0.15, 0.2) is 18.2 Å². The second-order valence-electron chi connectivity index (χ2n) is 5.52. The first-order valence-corrected chi connectivity index (χ1v) is 6.93. The van der Waals surface area contributed by atoms with Crippen LogP contribution in [0.3, 0.4) is 0 Å². The monoisotopic (exact) mass is 243 g/mol. The number of anilines is 1. The lowest BCUT2D eigenvalue weighted by atomic mass is 10.1. The van der Waals surface area contributed by atoms with Crippen LogP contribution in [0.25, 0.3) is 11.0 Å². The van der Waals surface area contributed by atoms with Crippen molar-refractivity contribution >= 4 is 16.7 Å². The minimum absolute atomic E-state index is 0.589. The van der Waals surface area contributed by atoms with Crippen LogP contribution in [0.5, 0.6) is 0 Å². The molecule has 2 aromatic rings. The molecule has 0 amide bonds. The van der Waals surface area contributed by atoms with Crippen LogP contribution < -0.4 is 5.73 Å². The Morgan fingerprint density at radius 2 is 2.22 bits per heavy atom. The van der Waals surface area contributed by atoms with E-state index in [1.807, 2.05) is 12.1 Å². The molecule has 0 bridgehead atoms. The van der Waals surface area contributed by atoms with Gasteiger partial charge in [0.1, 0.15) is 5.82 Å². The molecule has 1 aromatic carbocycles.